The predicted molar refractivity (Wildman–Crippen MR) is 104 cm³/mol. The highest BCUT2D eigenvalue weighted by atomic mass is 32.2. The van der Waals surface area contributed by atoms with Crippen molar-refractivity contribution in [3.63, 3.8) is 0 Å². The Balaban J connectivity index is 1.75. The van der Waals surface area contributed by atoms with Crippen LogP contribution in [0.3, 0.4) is 0 Å². The Morgan fingerprint density at radius 2 is 1.76 bits per heavy atom. The number of nitrogens with zero attached hydrogens (tertiary/aromatic N) is 2. The number of ether oxygens (including phenoxy) is 2. The fourth-order valence-electron chi connectivity index (χ4n) is 3.06. The van der Waals surface area contributed by atoms with Gasteiger partial charge in [0.05, 0.1) is 24.0 Å². The van der Waals surface area contributed by atoms with E-state index in [2.05, 4.69) is 4.72 Å². The maximum atomic E-state index is 12.6. The van der Waals surface area contributed by atoms with Crippen LogP contribution in [0.4, 0.5) is 11.4 Å². The van der Waals surface area contributed by atoms with E-state index in [9.17, 15) is 23.3 Å². The van der Waals surface area contributed by atoms with Crippen molar-refractivity contribution in [2.75, 3.05) is 25.7 Å². The molecule has 1 aliphatic rings. The molecule has 0 saturated carbocycles. The largest absolute Gasteiger partial charge is 0.493 e. The first-order valence-corrected chi connectivity index (χ1v) is 10.0. The second kappa shape index (κ2) is 8.05. The number of carbonyl (C=O) groups is 1. The van der Waals surface area contributed by atoms with Crippen molar-refractivity contribution in [1.29, 1.82) is 0 Å². The number of hydrogen-bond acceptors (Lipinski definition) is 7. The van der Waals surface area contributed by atoms with Crippen LogP contribution in [0.25, 0.3) is 0 Å². The third-order valence-corrected chi connectivity index (χ3v) is 6.02. The summed E-state index contributed by atoms with van der Waals surface area (Å²) in [6.45, 7) is 0.139. The molecule has 1 saturated heterocycles. The fourth-order valence-corrected chi connectivity index (χ4v) is 4.29. The van der Waals surface area contributed by atoms with Gasteiger partial charge in [0.1, 0.15) is 0 Å². The minimum absolute atomic E-state index is 0.0133. The molecule has 1 N–H and O–H groups in total. The summed E-state index contributed by atoms with van der Waals surface area (Å²) in [7, 11) is -0.953. The van der Waals surface area contributed by atoms with Crippen LogP contribution in [-0.2, 0) is 14.8 Å². The van der Waals surface area contributed by atoms with Crippen LogP contribution >= 0.6 is 0 Å². The van der Waals surface area contributed by atoms with E-state index in [0.29, 0.717) is 17.2 Å². The van der Waals surface area contributed by atoms with E-state index in [-0.39, 0.29) is 29.5 Å². The maximum absolute atomic E-state index is 12.6. The number of non-ortho nitro benzene ring substituents is 1. The monoisotopic (exact) mass is 421 g/mol. The molecule has 1 heterocycles. The molecule has 1 aliphatic heterocycles. The van der Waals surface area contributed by atoms with Gasteiger partial charge in [-0.1, -0.05) is 0 Å². The minimum atomic E-state index is -3.93. The number of carbonyl (C=O) groups excluding carboxylic acids is 1. The van der Waals surface area contributed by atoms with Gasteiger partial charge in [0.15, 0.2) is 11.5 Å². The summed E-state index contributed by atoms with van der Waals surface area (Å²) >= 11 is 0. The molecule has 0 bridgehead atoms. The van der Waals surface area contributed by atoms with E-state index in [4.69, 9.17) is 9.47 Å². The first kappa shape index (κ1) is 20.6. The van der Waals surface area contributed by atoms with Gasteiger partial charge in [0.25, 0.3) is 5.69 Å². The van der Waals surface area contributed by atoms with Gasteiger partial charge >= 0.3 is 0 Å². The molecule has 2 aromatic carbocycles. The van der Waals surface area contributed by atoms with Gasteiger partial charge in [-0.15, -0.1) is 0 Å². The molecular formula is C18H19N3O7S. The van der Waals surface area contributed by atoms with Crippen molar-refractivity contribution in [2.45, 2.75) is 17.4 Å². The molecule has 154 valence electrons. The number of sulfonamides is 1. The van der Waals surface area contributed by atoms with Crippen LogP contribution < -0.4 is 19.1 Å². The van der Waals surface area contributed by atoms with Crippen LogP contribution in [-0.4, -0.2) is 46.1 Å². The standard InChI is InChI=1S/C18H19N3O7S/c1-27-16-8-5-14(10-17(16)28-2)20-11-12(9-18(20)22)19-29(25,26)15-6-3-13(4-7-15)21(23)24/h3-8,10,12,19H,9,11H2,1-2H3/t12-/m0/s1. The number of nitro groups is 1. The highest BCUT2D eigenvalue weighted by molar-refractivity contribution is 7.89. The second-order valence-corrected chi connectivity index (χ2v) is 8.03. The fraction of sp³-hybridized carbons (Fsp3) is 0.278. The van der Waals surface area contributed by atoms with Gasteiger partial charge in [0.2, 0.25) is 15.9 Å². The van der Waals surface area contributed by atoms with Gasteiger partial charge in [-0.2, -0.15) is 0 Å². The van der Waals surface area contributed by atoms with Crippen molar-refractivity contribution in [1.82, 2.24) is 4.72 Å². The SMILES string of the molecule is COc1ccc(N2C[C@@H](NS(=O)(=O)c3ccc([N+](=O)[O-])cc3)CC2=O)cc1OC. The number of nitro benzene ring substituents is 1. The number of amides is 1. The van der Waals surface area contributed by atoms with E-state index >= 15 is 0 Å². The summed E-state index contributed by atoms with van der Waals surface area (Å²) in [6.07, 6.45) is -0.0133. The van der Waals surface area contributed by atoms with Crippen LogP contribution in [0.2, 0.25) is 0 Å². The van der Waals surface area contributed by atoms with E-state index < -0.39 is 21.0 Å². The molecule has 1 fully saturated rings. The molecule has 29 heavy (non-hydrogen) atoms. The Kier molecular flexibility index (Phi) is 5.71. The average molecular weight is 421 g/mol. The predicted octanol–water partition coefficient (Wildman–Crippen LogP) is 1.70. The molecule has 3 rings (SSSR count). The summed E-state index contributed by atoms with van der Waals surface area (Å²) in [4.78, 5) is 23.9. The highest BCUT2D eigenvalue weighted by Gasteiger charge is 2.34. The Morgan fingerprint density at radius 3 is 2.34 bits per heavy atom. The molecule has 0 unspecified atom stereocenters. The van der Waals surface area contributed by atoms with E-state index in [1.54, 1.807) is 18.2 Å². The zero-order valence-electron chi connectivity index (χ0n) is 15.7. The van der Waals surface area contributed by atoms with Gasteiger partial charge in [-0.25, -0.2) is 13.1 Å². The van der Waals surface area contributed by atoms with Gasteiger partial charge in [-0.3, -0.25) is 14.9 Å². The first-order chi connectivity index (χ1) is 13.7. The number of anilines is 1. The van der Waals surface area contributed by atoms with Crippen LogP contribution in [0.5, 0.6) is 11.5 Å². The Labute approximate surface area is 167 Å². The van der Waals surface area contributed by atoms with Crippen molar-refractivity contribution in [3.05, 3.63) is 52.6 Å². The zero-order chi connectivity index (χ0) is 21.2. The van der Waals surface area contributed by atoms with E-state index in [1.807, 2.05) is 0 Å². The summed E-state index contributed by atoms with van der Waals surface area (Å²) in [5.74, 6) is 0.722. The van der Waals surface area contributed by atoms with Crippen molar-refractivity contribution in [3.8, 4) is 11.5 Å². The molecule has 0 spiro atoms. The molecule has 11 heteroatoms. The second-order valence-electron chi connectivity index (χ2n) is 6.32. The molecular weight excluding hydrogens is 402 g/mol. The van der Waals surface area contributed by atoms with Crippen molar-refractivity contribution >= 4 is 27.3 Å². The number of hydrogen-bond donors (Lipinski definition) is 1. The van der Waals surface area contributed by atoms with Crippen molar-refractivity contribution in [2.24, 2.45) is 0 Å². The van der Waals surface area contributed by atoms with Crippen LogP contribution in [0, 0.1) is 10.1 Å². The first-order valence-electron chi connectivity index (χ1n) is 8.54. The topological polar surface area (TPSA) is 128 Å². The summed E-state index contributed by atoms with van der Waals surface area (Å²) in [6, 6.07) is 8.89. The smallest absolute Gasteiger partial charge is 0.269 e. The van der Waals surface area contributed by atoms with Gasteiger partial charge in [-0.05, 0) is 24.3 Å². The number of nitrogens with one attached hydrogen (secondary N) is 1. The molecule has 0 aliphatic carbocycles. The molecule has 1 amide bonds. The quantitative estimate of drug-likeness (QED) is 0.532. The lowest BCUT2D eigenvalue weighted by atomic mass is 10.2. The Bertz CT molecular complexity index is 1040. The average Bonchev–Trinajstić information content (AvgIpc) is 3.06. The summed E-state index contributed by atoms with van der Waals surface area (Å²) in [5.41, 5.74) is 0.351. The Hall–Kier alpha value is -3.18. The van der Waals surface area contributed by atoms with Crippen LogP contribution in [0.1, 0.15) is 6.42 Å². The normalized spacial score (nSPS) is 16.7. The van der Waals surface area contributed by atoms with E-state index in [0.717, 1.165) is 24.3 Å². The summed E-state index contributed by atoms with van der Waals surface area (Å²) < 4.78 is 38.0. The lowest BCUT2D eigenvalue weighted by molar-refractivity contribution is -0.384. The van der Waals surface area contributed by atoms with Crippen molar-refractivity contribution < 1.29 is 27.6 Å². The zero-order valence-corrected chi connectivity index (χ0v) is 16.5. The van der Waals surface area contributed by atoms with Gasteiger partial charge < -0.3 is 14.4 Å². The van der Waals surface area contributed by atoms with Gasteiger partial charge in [0, 0.05) is 42.9 Å². The number of benzene rings is 2. The lowest BCUT2D eigenvalue weighted by Gasteiger charge is -2.19. The lowest BCUT2D eigenvalue weighted by Crippen LogP contribution is -2.37. The maximum Gasteiger partial charge on any atom is 0.269 e. The number of methoxy groups -OCH3 is 2. The van der Waals surface area contributed by atoms with Crippen LogP contribution in [0.15, 0.2) is 47.4 Å². The highest BCUT2D eigenvalue weighted by Crippen LogP contribution is 2.33. The molecule has 10 nitrogen and oxygen atoms in total. The molecule has 0 radical (unpaired) electrons. The van der Waals surface area contributed by atoms with E-state index in [1.165, 1.54) is 19.1 Å². The third kappa shape index (κ3) is 4.30. The third-order valence-electron chi connectivity index (χ3n) is 4.48. The molecule has 0 aromatic heterocycles. The number of rotatable bonds is 7. The molecule has 1 atom stereocenters. The Morgan fingerprint density at radius 1 is 1.10 bits per heavy atom. The molecule has 2 aromatic rings. The summed E-state index contributed by atoms with van der Waals surface area (Å²) in [5, 5.41) is 10.7. The minimum Gasteiger partial charge on any atom is -0.493 e.